The van der Waals surface area contributed by atoms with Crippen LogP contribution in [0.4, 0.5) is 20.2 Å². The highest BCUT2D eigenvalue weighted by molar-refractivity contribution is 7.94. The van der Waals surface area contributed by atoms with Gasteiger partial charge in [0.05, 0.1) is 10.4 Å². The van der Waals surface area contributed by atoms with Crippen molar-refractivity contribution in [3.63, 3.8) is 0 Å². The van der Waals surface area contributed by atoms with Crippen LogP contribution < -0.4 is 10.5 Å². The van der Waals surface area contributed by atoms with E-state index in [1.54, 1.807) is 0 Å². The van der Waals surface area contributed by atoms with Crippen molar-refractivity contribution >= 4 is 21.4 Å². The van der Waals surface area contributed by atoms with Crippen LogP contribution in [-0.4, -0.2) is 13.2 Å². The maximum absolute atomic E-state index is 13.4. The Balaban J connectivity index is 3.27. The standard InChI is InChI=1S/C10H14F2N2O2S/c1-10(2,3)17(15,16)14-9-7(13)5-4-6(11)8(9)12/h4-5,14H,13H2,1-3H3. The topological polar surface area (TPSA) is 72.2 Å². The van der Waals surface area contributed by atoms with Gasteiger partial charge >= 0.3 is 0 Å². The number of nitrogen functional groups attached to an aromatic ring is 1. The van der Waals surface area contributed by atoms with Crippen molar-refractivity contribution in [2.24, 2.45) is 0 Å². The van der Waals surface area contributed by atoms with E-state index in [-0.39, 0.29) is 5.69 Å². The second kappa shape index (κ2) is 4.14. The Morgan fingerprint density at radius 1 is 1.24 bits per heavy atom. The van der Waals surface area contributed by atoms with Gasteiger partial charge in [0.1, 0.15) is 5.69 Å². The molecule has 1 rings (SSSR count). The summed E-state index contributed by atoms with van der Waals surface area (Å²) in [5, 5.41) is 0. The molecule has 0 bridgehead atoms. The molecule has 17 heavy (non-hydrogen) atoms. The highest BCUT2D eigenvalue weighted by Gasteiger charge is 2.30. The molecule has 1 aromatic carbocycles. The molecule has 4 nitrogen and oxygen atoms in total. The van der Waals surface area contributed by atoms with E-state index >= 15 is 0 Å². The number of nitrogens with one attached hydrogen (secondary N) is 1. The smallest absolute Gasteiger partial charge is 0.237 e. The van der Waals surface area contributed by atoms with Gasteiger partial charge in [0.25, 0.3) is 0 Å². The highest BCUT2D eigenvalue weighted by Crippen LogP contribution is 2.28. The quantitative estimate of drug-likeness (QED) is 0.803. The normalized spacial score (nSPS) is 12.5. The molecule has 0 fully saturated rings. The van der Waals surface area contributed by atoms with Crippen LogP contribution >= 0.6 is 0 Å². The zero-order valence-corrected chi connectivity index (χ0v) is 10.5. The number of benzene rings is 1. The highest BCUT2D eigenvalue weighted by atomic mass is 32.2. The van der Waals surface area contributed by atoms with Crippen LogP contribution in [-0.2, 0) is 10.0 Å². The van der Waals surface area contributed by atoms with Crippen molar-refractivity contribution in [2.75, 3.05) is 10.5 Å². The first kappa shape index (κ1) is 13.7. The summed E-state index contributed by atoms with van der Waals surface area (Å²) in [6.07, 6.45) is 0. The molecule has 0 aromatic heterocycles. The van der Waals surface area contributed by atoms with E-state index in [0.717, 1.165) is 12.1 Å². The van der Waals surface area contributed by atoms with Crippen molar-refractivity contribution in [3.8, 4) is 0 Å². The summed E-state index contributed by atoms with van der Waals surface area (Å²) >= 11 is 0. The SMILES string of the molecule is CC(C)(C)S(=O)(=O)Nc1c(N)ccc(F)c1F. The fraction of sp³-hybridized carbons (Fsp3) is 0.400. The lowest BCUT2D eigenvalue weighted by Crippen LogP contribution is -2.34. The van der Waals surface area contributed by atoms with Crippen molar-refractivity contribution in [2.45, 2.75) is 25.5 Å². The number of nitrogens with two attached hydrogens (primary N) is 1. The Labute approximate surface area is 98.9 Å². The third-order valence-corrected chi connectivity index (χ3v) is 4.25. The first-order chi connectivity index (χ1) is 7.56. The van der Waals surface area contributed by atoms with Gasteiger partial charge in [0.2, 0.25) is 10.0 Å². The van der Waals surface area contributed by atoms with Gasteiger partial charge in [-0.2, -0.15) is 0 Å². The molecule has 0 aliphatic carbocycles. The summed E-state index contributed by atoms with van der Waals surface area (Å²) in [6, 6.07) is 1.93. The molecular weight excluding hydrogens is 250 g/mol. The van der Waals surface area contributed by atoms with Gasteiger partial charge in [-0.1, -0.05) is 0 Å². The third-order valence-electron chi connectivity index (χ3n) is 2.17. The van der Waals surface area contributed by atoms with E-state index in [2.05, 4.69) is 0 Å². The Hall–Kier alpha value is -1.37. The number of hydrogen-bond donors (Lipinski definition) is 2. The molecule has 1 aromatic rings. The average Bonchev–Trinajstić information content (AvgIpc) is 2.17. The summed E-state index contributed by atoms with van der Waals surface area (Å²) in [7, 11) is -3.85. The first-order valence-electron chi connectivity index (χ1n) is 4.82. The number of halogens is 2. The van der Waals surface area contributed by atoms with Gasteiger partial charge in [0, 0.05) is 0 Å². The van der Waals surface area contributed by atoms with Crippen molar-refractivity contribution in [1.29, 1.82) is 0 Å². The number of rotatable bonds is 2. The fourth-order valence-corrected chi connectivity index (χ4v) is 1.74. The van der Waals surface area contributed by atoms with Crippen LogP contribution in [0, 0.1) is 11.6 Å². The van der Waals surface area contributed by atoms with Crippen LogP contribution in [0.1, 0.15) is 20.8 Å². The average molecular weight is 264 g/mol. The van der Waals surface area contributed by atoms with E-state index < -0.39 is 32.1 Å². The Kier molecular flexibility index (Phi) is 3.33. The lowest BCUT2D eigenvalue weighted by atomic mass is 10.2. The summed E-state index contributed by atoms with van der Waals surface area (Å²) in [4.78, 5) is 0. The third kappa shape index (κ3) is 2.66. The number of sulfonamides is 1. The molecule has 0 radical (unpaired) electrons. The molecule has 0 aliphatic heterocycles. The largest absolute Gasteiger partial charge is 0.397 e. The van der Waals surface area contributed by atoms with Gasteiger partial charge in [-0.3, -0.25) is 4.72 Å². The molecule has 0 atom stereocenters. The summed E-state index contributed by atoms with van der Waals surface area (Å²) in [6.45, 7) is 4.30. The predicted molar refractivity (Wildman–Crippen MR) is 63.1 cm³/mol. The van der Waals surface area contributed by atoms with Crippen LogP contribution in [0.25, 0.3) is 0 Å². The van der Waals surface area contributed by atoms with Gasteiger partial charge in [-0.05, 0) is 32.9 Å². The Morgan fingerprint density at radius 3 is 2.24 bits per heavy atom. The first-order valence-corrected chi connectivity index (χ1v) is 6.30. The van der Waals surface area contributed by atoms with E-state index in [0.29, 0.717) is 0 Å². The summed E-state index contributed by atoms with van der Waals surface area (Å²) in [5.41, 5.74) is 4.68. The van der Waals surface area contributed by atoms with E-state index in [9.17, 15) is 17.2 Å². The molecule has 96 valence electrons. The van der Waals surface area contributed by atoms with Gasteiger partial charge in [0.15, 0.2) is 11.6 Å². The van der Waals surface area contributed by atoms with E-state index in [1.165, 1.54) is 20.8 Å². The molecule has 0 amide bonds. The molecule has 0 aliphatic rings. The van der Waals surface area contributed by atoms with E-state index in [4.69, 9.17) is 5.73 Å². The van der Waals surface area contributed by atoms with Gasteiger partial charge < -0.3 is 5.73 Å². The molecule has 0 heterocycles. The predicted octanol–water partition coefficient (Wildman–Crippen LogP) is 2.09. The molecule has 7 heteroatoms. The lowest BCUT2D eigenvalue weighted by Gasteiger charge is -2.21. The Bertz CT molecular complexity index is 536. The zero-order valence-electron chi connectivity index (χ0n) is 9.71. The molecule has 0 unspecified atom stereocenters. The van der Waals surface area contributed by atoms with Crippen molar-refractivity contribution in [1.82, 2.24) is 0 Å². The van der Waals surface area contributed by atoms with Gasteiger partial charge in [-0.15, -0.1) is 0 Å². The minimum Gasteiger partial charge on any atom is -0.397 e. The number of anilines is 2. The van der Waals surface area contributed by atoms with Crippen LogP contribution in [0.2, 0.25) is 0 Å². The molecule has 0 saturated carbocycles. The summed E-state index contributed by atoms with van der Waals surface area (Å²) < 4.78 is 50.7. The van der Waals surface area contributed by atoms with Gasteiger partial charge in [-0.25, -0.2) is 17.2 Å². The lowest BCUT2D eigenvalue weighted by molar-refractivity contribution is 0.511. The van der Waals surface area contributed by atoms with Crippen molar-refractivity contribution < 1.29 is 17.2 Å². The minimum absolute atomic E-state index is 0.170. The monoisotopic (exact) mass is 264 g/mol. The van der Waals surface area contributed by atoms with Crippen LogP contribution in [0.15, 0.2) is 12.1 Å². The molecule has 0 spiro atoms. The molecule has 0 saturated heterocycles. The molecular formula is C10H14F2N2O2S. The second-order valence-electron chi connectivity index (χ2n) is 4.54. The maximum atomic E-state index is 13.4. The van der Waals surface area contributed by atoms with E-state index in [1.807, 2.05) is 4.72 Å². The zero-order chi connectivity index (χ0) is 13.4. The van der Waals surface area contributed by atoms with Crippen LogP contribution in [0.5, 0.6) is 0 Å². The number of hydrogen-bond acceptors (Lipinski definition) is 3. The van der Waals surface area contributed by atoms with Crippen LogP contribution in [0.3, 0.4) is 0 Å². The second-order valence-corrected chi connectivity index (χ2v) is 6.98. The maximum Gasteiger partial charge on any atom is 0.237 e. The fourth-order valence-electron chi connectivity index (χ4n) is 0.957. The Morgan fingerprint density at radius 2 is 1.76 bits per heavy atom. The minimum atomic E-state index is -3.85. The van der Waals surface area contributed by atoms with Crippen molar-refractivity contribution in [3.05, 3.63) is 23.8 Å². The molecule has 3 N–H and O–H groups in total. The summed E-state index contributed by atoms with van der Waals surface area (Å²) in [5.74, 6) is -2.47.